The van der Waals surface area contributed by atoms with Gasteiger partial charge in [0.15, 0.2) is 6.29 Å². The SMILES string of the molecule is CCC1=C[C@@H](O)[C@H]2CO[C@H]1O2. The Morgan fingerprint density at radius 2 is 2.55 bits per heavy atom. The molecule has 2 aliphatic rings. The van der Waals surface area contributed by atoms with Gasteiger partial charge in [-0.3, -0.25) is 0 Å². The first kappa shape index (κ1) is 7.28. The van der Waals surface area contributed by atoms with Gasteiger partial charge in [0.1, 0.15) is 12.2 Å². The van der Waals surface area contributed by atoms with Gasteiger partial charge in [-0.1, -0.05) is 6.92 Å². The highest BCUT2D eigenvalue weighted by atomic mass is 16.7. The van der Waals surface area contributed by atoms with Crippen molar-refractivity contribution in [3.8, 4) is 0 Å². The van der Waals surface area contributed by atoms with Gasteiger partial charge in [0.05, 0.1) is 6.61 Å². The Hall–Kier alpha value is -0.380. The summed E-state index contributed by atoms with van der Waals surface area (Å²) in [5.41, 5.74) is 1.06. The standard InChI is InChI=1S/C8H12O3/c1-2-5-3-6(9)7-4-10-8(5)11-7/h3,6-9H,2,4H2,1H3/t6-,7-,8+/m1/s1. The summed E-state index contributed by atoms with van der Waals surface area (Å²) < 4.78 is 10.7. The van der Waals surface area contributed by atoms with Crippen LogP contribution in [0.5, 0.6) is 0 Å². The van der Waals surface area contributed by atoms with Crippen molar-refractivity contribution in [1.82, 2.24) is 0 Å². The van der Waals surface area contributed by atoms with Crippen molar-refractivity contribution in [2.24, 2.45) is 0 Å². The van der Waals surface area contributed by atoms with Gasteiger partial charge in [-0.2, -0.15) is 0 Å². The fourth-order valence-corrected chi connectivity index (χ4v) is 1.48. The molecule has 0 aromatic heterocycles. The summed E-state index contributed by atoms with van der Waals surface area (Å²) in [6, 6.07) is 0. The summed E-state index contributed by atoms with van der Waals surface area (Å²) in [6.07, 6.45) is 1.97. The van der Waals surface area contributed by atoms with E-state index in [1.807, 2.05) is 13.0 Å². The number of fused-ring (bicyclic) bond motifs is 2. The van der Waals surface area contributed by atoms with E-state index in [1.165, 1.54) is 0 Å². The number of hydrogen-bond donors (Lipinski definition) is 1. The van der Waals surface area contributed by atoms with Gasteiger partial charge in [0.25, 0.3) is 0 Å². The fraction of sp³-hybridized carbons (Fsp3) is 0.750. The lowest BCUT2D eigenvalue weighted by Gasteiger charge is -2.22. The van der Waals surface area contributed by atoms with Gasteiger partial charge in [0, 0.05) is 0 Å². The van der Waals surface area contributed by atoms with Gasteiger partial charge >= 0.3 is 0 Å². The summed E-state index contributed by atoms with van der Waals surface area (Å²) in [6.45, 7) is 2.55. The molecule has 1 N–H and O–H groups in total. The normalized spacial score (nSPS) is 42.4. The van der Waals surface area contributed by atoms with Crippen molar-refractivity contribution in [3.63, 3.8) is 0 Å². The minimum Gasteiger partial charge on any atom is -0.386 e. The van der Waals surface area contributed by atoms with E-state index < -0.39 is 6.10 Å². The summed E-state index contributed by atoms with van der Waals surface area (Å²) >= 11 is 0. The summed E-state index contributed by atoms with van der Waals surface area (Å²) in [5, 5.41) is 9.42. The predicted octanol–water partition coefficient (Wildman–Crippen LogP) is 0.439. The molecule has 3 atom stereocenters. The third kappa shape index (κ3) is 1.09. The van der Waals surface area contributed by atoms with Crippen molar-refractivity contribution in [2.75, 3.05) is 6.61 Å². The van der Waals surface area contributed by atoms with Crippen LogP contribution in [-0.2, 0) is 9.47 Å². The van der Waals surface area contributed by atoms with Crippen molar-refractivity contribution < 1.29 is 14.6 Å². The molecule has 0 radical (unpaired) electrons. The maximum Gasteiger partial charge on any atom is 0.180 e. The van der Waals surface area contributed by atoms with Crippen LogP contribution in [0.1, 0.15) is 13.3 Å². The van der Waals surface area contributed by atoms with Crippen molar-refractivity contribution in [2.45, 2.75) is 31.8 Å². The van der Waals surface area contributed by atoms with Gasteiger partial charge in [0.2, 0.25) is 0 Å². The lowest BCUT2D eigenvalue weighted by Crippen LogP contribution is -2.31. The topological polar surface area (TPSA) is 38.7 Å². The smallest absolute Gasteiger partial charge is 0.180 e. The second kappa shape index (κ2) is 2.59. The monoisotopic (exact) mass is 156 g/mol. The molecule has 2 aliphatic heterocycles. The molecule has 62 valence electrons. The van der Waals surface area contributed by atoms with E-state index in [1.54, 1.807) is 0 Å². The van der Waals surface area contributed by atoms with E-state index in [2.05, 4.69) is 0 Å². The molecule has 2 bridgehead atoms. The third-order valence-corrected chi connectivity index (χ3v) is 2.19. The zero-order chi connectivity index (χ0) is 7.84. The highest BCUT2D eigenvalue weighted by Gasteiger charge is 2.36. The minimum atomic E-state index is -0.469. The molecule has 1 saturated heterocycles. The van der Waals surface area contributed by atoms with E-state index in [0.29, 0.717) is 6.61 Å². The molecule has 0 amide bonds. The Bertz CT molecular complexity index is 188. The first-order chi connectivity index (χ1) is 5.31. The number of aliphatic hydroxyl groups excluding tert-OH is 1. The van der Waals surface area contributed by atoms with Crippen LogP contribution in [0.3, 0.4) is 0 Å². The zero-order valence-corrected chi connectivity index (χ0v) is 6.49. The molecule has 2 rings (SSSR count). The van der Waals surface area contributed by atoms with Crippen LogP contribution in [-0.4, -0.2) is 30.2 Å². The molecular weight excluding hydrogens is 144 g/mol. The predicted molar refractivity (Wildman–Crippen MR) is 39.0 cm³/mol. The lowest BCUT2D eigenvalue weighted by molar-refractivity contribution is -0.0629. The lowest BCUT2D eigenvalue weighted by atomic mass is 10.1. The van der Waals surface area contributed by atoms with Crippen LogP contribution in [0.4, 0.5) is 0 Å². The molecule has 0 aromatic carbocycles. The van der Waals surface area contributed by atoms with Crippen LogP contribution in [0.2, 0.25) is 0 Å². The first-order valence-electron chi connectivity index (χ1n) is 3.97. The molecule has 3 heteroatoms. The minimum absolute atomic E-state index is 0.129. The molecule has 0 aliphatic carbocycles. The molecule has 3 nitrogen and oxygen atoms in total. The van der Waals surface area contributed by atoms with Gasteiger partial charge in [-0.15, -0.1) is 0 Å². The molecule has 2 heterocycles. The Balaban J connectivity index is 2.20. The Morgan fingerprint density at radius 1 is 1.73 bits per heavy atom. The van der Waals surface area contributed by atoms with Crippen molar-refractivity contribution in [3.05, 3.63) is 11.6 Å². The average Bonchev–Trinajstić information content (AvgIpc) is 2.43. The van der Waals surface area contributed by atoms with Gasteiger partial charge in [-0.25, -0.2) is 0 Å². The fourth-order valence-electron chi connectivity index (χ4n) is 1.48. The first-order valence-corrected chi connectivity index (χ1v) is 3.97. The Kier molecular flexibility index (Phi) is 1.71. The Morgan fingerprint density at radius 3 is 3.27 bits per heavy atom. The van der Waals surface area contributed by atoms with Crippen LogP contribution in [0.15, 0.2) is 11.6 Å². The van der Waals surface area contributed by atoms with Crippen LogP contribution < -0.4 is 0 Å². The second-order valence-electron chi connectivity index (χ2n) is 2.93. The zero-order valence-electron chi connectivity index (χ0n) is 6.49. The summed E-state index contributed by atoms with van der Waals surface area (Å²) in [7, 11) is 0. The van der Waals surface area contributed by atoms with Crippen molar-refractivity contribution >= 4 is 0 Å². The van der Waals surface area contributed by atoms with E-state index in [0.717, 1.165) is 12.0 Å². The van der Waals surface area contributed by atoms with Gasteiger partial charge < -0.3 is 14.6 Å². The maximum atomic E-state index is 9.42. The summed E-state index contributed by atoms with van der Waals surface area (Å²) in [5.74, 6) is 0. The third-order valence-electron chi connectivity index (χ3n) is 2.19. The number of ether oxygens (including phenoxy) is 2. The highest BCUT2D eigenvalue weighted by molar-refractivity contribution is 5.14. The summed E-state index contributed by atoms with van der Waals surface area (Å²) in [4.78, 5) is 0. The van der Waals surface area contributed by atoms with Crippen LogP contribution >= 0.6 is 0 Å². The van der Waals surface area contributed by atoms with E-state index >= 15 is 0 Å². The van der Waals surface area contributed by atoms with Crippen LogP contribution in [0, 0.1) is 0 Å². The Labute approximate surface area is 65.6 Å². The number of rotatable bonds is 1. The molecule has 0 aromatic rings. The number of hydrogen-bond acceptors (Lipinski definition) is 3. The van der Waals surface area contributed by atoms with E-state index in [9.17, 15) is 5.11 Å². The molecule has 0 spiro atoms. The van der Waals surface area contributed by atoms with E-state index in [4.69, 9.17) is 9.47 Å². The maximum absolute atomic E-state index is 9.42. The molecule has 0 saturated carbocycles. The molecule has 1 fully saturated rings. The van der Waals surface area contributed by atoms with Crippen molar-refractivity contribution in [1.29, 1.82) is 0 Å². The largest absolute Gasteiger partial charge is 0.386 e. The highest BCUT2D eigenvalue weighted by Crippen LogP contribution is 2.28. The quantitative estimate of drug-likeness (QED) is 0.560. The number of aliphatic hydroxyl groups is 1. The molecule has 0 unspecified atom stereocenters. The van der Waals surface area contributed by atoms with Crippen LogP contribution in [0.25, 0.3) is 0 Å². The van der Waals surface area contributed by atoms with E-state index in [-0.39, 0.29) is 12.4 Å². The van der Waals surface area contributed by atoms with Gasteiger partial charge in [-0.05, 0) is 18.1 Å². The second-order valence-corrected chi connectivity index (χ2v) is 2.93. The molecular formula is C8H12O3. The molecule has 11 heavy (non-hydrogen) atoms. The average molecular weight is 156 g/mol.